The fraction of sp³-hybridized carbons (Fsp3) is 0.833. The maximum atomic E-state index is 12.2. The predicted molar refractivity (Wildman–Crippen MR) is 64.0 cm³/mol. The first kappa shape index (κ1) is 13.3. The Morgan fingerprint density at radius 3 is 2.39 bits per heavy atom. The number of hydrogen-bond donors (Lipinski definition) is 2. The summed E-state index contributed by atoms with van der Waals surface area (Å²) in [6.45, 7) is 2.35. The van der Waals surface area contributed by atoms with Crippen LogP contribution in [0.25, 0.3) is 0 Å². The number of carbonyl (C=O) groups excluding carboxylic acids is 1. The van der Waals surface area contributed by atoms with Crippen molar-refractivity contribution in [1.29, 1.82) is 0 Å². The summed E-state index contributed by atoms with van der Waals surface area (Å²) in [7, 11) is 0. The third kappa shape index (κ3) is 2.49. The van der Waals surface area contributed by atoms with E-state index in [0.29, 0.717) is 13.1 Å². The summed E-state index contributed by atoms with van der Waals surface area (Å²) in [5.41, 5.74) is 4.86. The van der Waals surface area contributed by atoms with Crippen molar-refractivity contribution in [3.05, 3.63) is 0 Å². The molecule has 6 heteroatoms. The fourth-order valence-corrected chi connectivity index (χ4v) is 2.77. The number of hydrogen-bond acceptors (Lipinski definition) is 4. The van der Waals surface area contributed by atoms with Crippen LogP contribution >= 0.6 is 0 Å². The maximum Gasteiger partial charge on any atom is 0.329 e. The normalized spacial score (nSPS) is 24.7. The SMILES string of the molecule is CC1(OCC(=O)O)CN(C(=O)C2(N)CCCC2)C1. The van der Waals surface area contributed by atoms with E-state index in [9.17, 15) is 9.59 Å². The Kier molecular flexibility index (Phi) is 3.33. The number of carbonyl (C=O) groups is 2. The van der Waals surface area contributed by atoms with E-state index in [1.807, 2.05) is 6.92 Å². The van der Waals surface area contributed by atoms with Crippen LogP contribution in [0.1, 0.15) is 32.6 Å². The molecule has 102 valence electrons. The molecule has 0 aromatic heterocycles. The number of rotatable bonds is 4. The van der Waals surface area contributed by atoms with E-state index in [-0.39, 0.29) is 12.5 Å². The first-order chi connectivity index (χ1) is 8.35. The van der Waals surface area contributed by atoms with Gasteiger partial charge in [-0.25, -0.2) is 4.79 Å². The van der Waals surface area contributed by atoms with Crippen LogP contribution < -0.4 is 5.73 Å². The van der Waals surface area contributed by atoms with Gasteiger partial charge in [-0.2, -0.15) is 0 Å². The van der Waals surface area contributed by atoms with Crippen LogP contribution in [0.4, 0.5) is 0 Å². The minimum absolute atomic E-state index is 0.0172. The van der Waals surface area contributed by atoms with Crippen LogP contribution in [0.2, 0.25) is 0 Å². The molecule has 18 heavy (non-hydrogen) atoms. The Balaban J connectivity index is 1.84. The van der Waals surface area contributed by atoms with E-state index < -0.39 is 17.1 Å². The second-order valence-corrected chi connectivity index (χ2v) is 5.66. The zero-order chi connectivity index (χ0) is 13.4. The van der Waals surface area contributed by atoms with Gasteiger partial charge in [-0.05, 0) is 19.8 Å². The smallest absolute Gasteiger partial charge is 0.329 e. The number of ether oxygens (including phenoxy) is 1. The molecule has 1 amide bonds. The van der Waals surface area contributed by atoms with Gasteiger partial charge >= 0.3 is 5.97 Å². The molecule has 0 radical (unpaired) electrons. The molecule has 1 heterocycles. The van der Waals surface area contributed by atoms with Gasteiger partial charge in [0.25, 0.3) is 0 Å². The van der Waals surface area contributed by atoms with Gasteiger partial charge < -0.3 is 20.5 Å². The minimum atomic E-state index is -0.993. The molecule has 2 rings (SSSR count). The molecule has 1 saturated carbocycles. The Hall–Kier alpha value is -1.14. The largest absolute Gasteiger partial charge is 0.480 e. The van der Waals surface area contributed by atoms with Crippen molar-refractivity contribution >= 4 is 11.9 Å². The third-order valence-corrected chi connectivity index (χ3v) is 3.80. The molecule has 0 spiro atoms. The number of carboxylic acid groups (broad SMARTS) is 1. The fourth-order valence-electron chi connectivity index (χ4n) is 2.77. The second-order valence-electron chi connectivity index (χ2n) is 5.66. The van der Waals surface area contributed by atoms with Gasteiger partial charge in [0.1, 0.15) is 12.2 Å². The van der Waals surface area contributed by atoms with Gasteiger partial charge in [-0.3, -0.25) is 4.79 Å². The molecule has 1 aliphatic heterocycles. The molecule has 0 aromatic rings. The monoisotopic (exact) mass is 256 g/mol. The van der Waals surface area contributed by atoms with Gasteiger partial charge in [0.15, 0.2) is 0 Å². The van der Waals surface area contributed by atoms with E-state index in [1.54, 1.807) is 4.90 Å². The Morgan fingerprint density at radius 2 is 1.89 bits per heavy atom. The summed E-state index contributed by atoms with van der Waals surface area (Å²) in [6, 6.07) is 0. The second kappa shape index (κ2) is 4.51. The average molecular weight is 256 g/mol. The number of nitrogens with zero attached hydrogens (tertiary/aromatic N) is 1. The Bertz CT molecular complexity index is 357. The molecule has 1 aliphatic carbocycles. The number of aliphatic carboxylic acids is 1. The summed E-state index contributed by atoms with van der Waals surface area (Å²) >= 11 is 0. The highest BCUT2D eigenvalue weighted by Crippen LogP contribution is 2.33. The molecule has 0 bridgehead atoms. The van der Waals surface area contributed by atoms with E-state index in [4.69, 9.17) is 15.6 Å². The van der Waals surface area contributed by atoms with Gasteiger partial charge in [0, 0.05) is 0 Å². The highest BCUT2D eigenvalue weighted by molar-refractivity contribution is 5.87. The van der Waals surface area contributed by atoms with E-state index >= 15 is 0 Å². The highest BCUT2D eigenvalue weighted by atomic mass is 16.5. The highest BCUT2D eigenvalue weighted by Gasteiger charge is 2.48. The maximum absolute atomic E-state index is 12.2. The average Bonchev–Trinajstić information content (AvgIpc) is 2.70. The van der Waals surface area contributed by atoms with Crippen LogP contribution in [0.3, 0.4) is 0 Å². The summed E-state index contributed by atoms with van der Waals surface area (Å²) in [5.74, 6) is -1.01. The molecule has 6 nitrogen and oxygen atoms in total. The van der Waals surface area contributed by atoms with Crippen molar-refractivity contribution in [2.24, 2.45) is 5.73 Å². The van der Waals surface area contributed by atoms with Crippen LogP contribution in [0.5, 0.6) is 0 Å². The first-order valence-corrected chi connectivity index (χ1v) is 6.29. The number of nitrogens with two attached hydrogens (primary N) is 1. The molecule has 0 unspecified atom stereocenters. The lowest BCUT2D eigenvalue weighted by Gasteiger charge is -2.49. The number of amides is 1. The summed E-state index contributed by atoms with van der Waals surface area (Å²) < 4.78 is 5.27. The van der Waals surface area contributed by atoms with E-state index in [2.05, 4.69) is 0 Å². The predicted octanol–water partition coefficient (Wildman–Crippen LogP) is -0.0400. The molecule has 3 N–H and O–H groups in total. The summed E-state index contributed by atoms with van der Waals surface area (Å²) in [6.07, 6.45) is 3.50. The summed E-state index contributed by atoms with van der Waals surface area (Å²) in [5, 5.41) is 8.56. The van der Waals surface area contributed by atoms with Gasteiger partial charge in [0.05, 0.1) is 18.6 Å². The topological polar surface area (TPSA) is 92.9 Å². The molecule has 2 fully saturated rings. The third-order valence-electron chi connectivity index (χ3n) is 3.80. The van der Waals surface area contributed by atoms with Crippen molar-refractivity contribution in [3.63, 3.8) is 0 Å². The standard InChI is InChI=1S/C12H20N2O4/c1-11(18-6-9(15)16)7-14(8-11)10(17)12(13)4-2-3-5-12/h2-8,13H2,1H3,(H,15,16). The van der Waals surface area contributed by atoms with Gasteiger partial charge in [-0.15, -0.1) is 0 Å². The summed E-state index contributed by atoms with van der Waals surface area (Å²) in [4.78, 5) is 24.3. The zero-order valence-electron chi connectivity index (χ0n) is 10.6. The lowest BCUT2D eigenvalue weighted by Crippen LogP contribution is -2.68. The Labute approximate surface area is 106 Å². The molecule has 0 atom stereocenters. The lowest BCUT2D eigenvalue weighted by molar-refractivity contribution is -0.176. The molecule has 1 saturated heterocycles. The van der Waals surface area contributed by atoms with Crippen molar-refractivity contribution in [1.82, 2.24) is 4.90 Å². The quantitative estimate of drug-likeness (QED) is 0.736. The minimum Gasteiger partial charge on any atom is -0.480 e. The molecular formula is C12H20N2O4. The Morgan fingerprint density at radius 1 is 1.33 bits per heavy atom. The van der Waals surface area contributed by atoms with Crippen molar-refractivity contribution < 1.29 is 19.4 Å². The van der Waals surface area contributed by atoms with Crippen molar-refractivity contribution in [3.8, 4) is 0 Å². The zero-order valence-corrected chi connectivity index (χ0v) is 10.6. The van der Waals surface area contributed by atoms with E-state index in [1.165, 1.54) is 0 Å². The first-order valence-electron chi connectivity index (χ1n) is 6.29. The molecular weight excluding hydrogens is 236 g/mol. The van der Waals surface area contributed by atoms with Crippen LogP contribution in [0, 0.1) is 0 Å². The van der Waals surface area contributed by atoms with Crippen LogP contribution in [-0.4, -0.2) is 52.7 Å². The lowest BCUT2D eigenvalue weighted by atomic mass is 9.90. The van der Waals surface area contributed by atoms with Crippen molar-refractivity contribution in [2.75, 3.05) is 19.7 Å². The number of likely N-dealkylation sites (tertiary alicyclic amines) is 1. The van der Waals surface area contributed by atoms with Crippen LogP contribution in [-0.2, 0) is 14.3 Å². The van der Waals surface area contributed by atoms with Crippen LogP contribution in [0.15, 0.2) is 0 Å². The van der Waals surface area contributed by atoms with Gasteiger partial charge in [0.2, 0.25) is 5.91 Å². The molecule has 0 aromatic carbocycles. The molecule has 2 aliphatic rings. The van der Waals surface area contributed by atoms with E-state index in [0.717, 1.165) is 25.7 Å². The van der Waals surface area contributed by atoms with Crippen molar-refractivity contribution in [2.45, 2.75) is 43.7 Å². The number of carboxylic acids is 1. The van der Waals surface area contributed by atoms with Gasteiger partial charge in [-0.1, -0.05) is 12.8 Å².